The lowest BCUT2D eigenvalue weighted by atomic mass is 9.98. The van der Waals surface area contributed by atoms with Gasteiger partial charge in [-0.15, -0.1) is 0 Å². The number of amides is 2. The standard InChI is InChI=1S/C16H20N2O6/c1-9-14(21)17-11-6-4-5-10(13(11)24-9)15(22)18-16(2,8-23-3)7-12(19)20/h4-6,9H,7-8H2,1-3H3,(H,17,21)(H,18,22)(H,19,20). The first-order valence-corrected chi connectivity index (χ1v) is 7.39. The van der Waals surface area contributed by atoms with Gasteiger partial charge < -0.3 is 25.2 Å². The third-order valence-electron chi connectivity index (χ3n) is 3.60. The van der Waals surface area contributed by atoms with Crippen molar-refractivity contribution in [3.8, 4) is 5.75 Å². The molecule has 2 unspecified atom stereocenters. The van der Waals surface area contributed by atoms with E-state index in [1.165, 1.54) is 7.11 Å². The van der Waals surface area contributed by atoms with E-state index in [0.717, 1.165) is 0 Å². The lowest BCUT2D eigenvalue weighted by Crippen LogP contribution is -2.51. The van der Waals surface area contributed by atoms with Crippen LogP contribution >= 0.6 is 0 Å². The molecule has 24 heavy (non-hydrogen) atoms. The molecule has 0 aromatic heterocycles. The van der Waals surface area contributed by atoms with E-state index >= 15 is 0 Å². The first-order chi connectivity index (χ1) is 11.3. The fourth-order valence-corrected chi connectivity index (χ4v) is 2.53. The van der Waals surface area contributed by atoms with Crippen LogP contribution in [0.2, 0.25) is 0 Å². The lowest BCUT2D eigenvalue weighted by Gasteiger charge is -2.30. The van der Waals surface area contributed by atoms with Crippen LogP contribution in [-0.4, -0.2) is 48.2 Å². The molecule has 1 heterocycles. The van der Waals surface area contributed by atoms with Crippen LogP contribution in [0, 0.1) is 0 Å². The molecule has 1 aliphatic heterocycles. The number of carboxylic acid groups (broad SMARTS) is 1. The second-order valence-corrected chi connectivity index (χ2v) is 5.95. The molecule has 0 fully saturated rings. The number of carbonyl (C=O) groups excluding carboxylic acids is 2. The average Bonchev–Trinajstić information content (AvgIpc) is 2.46. The summed E-state index contributed by atoms with van der Waals surface area (Å²) in [6.07, 6.45) is -1.02. The lowest BCUT2D eigenvalue weighted by molar-refractivity contribution is -0.139. The fourth-order valence-electron chi connectivity index (χ4n) is 2.53. The van der Waals surface area contributed by atoms with Gasteiger partial charge in [0.2, 0.25) is 0 Å². The SMILES string of the molecule is COCC(C)(CC(=O)O)NC(=O)c1cccc2c1OC(C)C(=O)N2. The van der Waals surface area contributed by atoms with Gasteiger partial charge in [0.15, 0.2) is 11.9 Å². The summed E-state index contributed by atoms with van der Waals surface area (Å²) < 4.78 is 10.6. The molecule has 2 atom stereocenters. The maximum Gasteiger partial charge on any atom is 0.305 e. The first kappa shape index (κ1) is 17.7. The van der Waals surface area contributed by atoms with Gasteiger partial charge in [0.05, 0.1) is 29.8 Å². The zero-order valence-corrected chi connectivity index (χ0v) is 13.7. The highest BCUT2D eigenvalue weighted by atomic mass is 16.5. The van der Waals surface area contributed by atoms with Gasteiger partial charge >= 0.3 is 5.97 Å². The number of methoxy groups -OCH3 is 1. The minimum atomic E-state index is -1.08. The second-order valence-electron chi connectivity index (χ2n) is 5.95. The summed E-state index contributed by atoms with van der Waals surface area (Å²) in [6.45, 7) is 3.20. The van der Waals surface area contributed by atoms with E-state index in [2.05, 4.69) is 10.6 Å². The van der Waals surface area contributed by atoms with Gasteiger partial charge in [-0.25, -0.2) is 0 Å². The normalized spacial score (nSPS) is 18.6. The molecule has 1 aromatic rings. The summed E-state index contributed by atoms with van der Waals surface area (Å²) in [5.41, 5.74) is -0.464. The van der Waals surface area contributed by atoms with E-state index in [-0.39, 0.29) is 30.2 Å². The molecule has 130 valence electrons. The molecule has 0 saturated carbocycles. The van der Waals surface area contributed by atoms with Crippen molar-refractivity contribution in [1.82, 2.24) is 5.32 Å². The van der Waals surface area contributed by atoms with Gasteiger partial charge in [-0.05, 0) is 26.0 Å². The van der Waals surface area contributed by atoms with Gasteiger partial charge in [0.1, 0.15) is 0 Å². The Balaban J connectivity index is 2.28. The molecule has 0 radical (unpaired) electrons. The van der Waals surface area contributed by atoms with E-state index in [1.807, 2.05) is 0 Å². The fraction of sp³-hybridized carbons (Fsp3) is 0.438. The second kappa shape index (κ2) is 6.88. The number of hydrogen-bond donors (Lipinski definition) is 3. The molecule has 0 saturated heterocycles. The number of carboxylic acids is 1. The van der Waals surface area contributed by atoms with Crippen LogP contribution in [0.5, 0.6) is 5.75 Å². The van der Waals surface area contributed by atoms with Crippen LogP contribution in [0.15, 0.2) is 18.2 Å². The molecule has 2 amide bonds. The average molecular weight is 336 g/mol. The number of para-hydroxylation sites is 1. The molecule has 0 bridgehead atoms. The van der Waals surface area contributed by atoms with Crippen molar-refractivity contribution in [2.24, 2.45) is 0 Å². The molecule has 1 aromatic carbocycles. The summed E-state index contributed by atoms with van der Waals surface area (Å²) in [5.74, 6) is -1.59. The monoisotopic (exact) mass is 336 g/mol. The van der Waals surface area contributed by atoms with Crippen LogP contribution in [0.4, 0.5) is 5.69 Å². The number of aliphatic carboxylic acids is 1. The minimum Gasteiger partial charge on any atom is -0.481 e. The number of hydrogen-bond acceptors (Lipinski definition) is 5. The molecular formula is C16H20N2O6. The van der Waals surface area contributed by atoms with E-state index in [4.69, 9.17) is 14.6 Å². The molecule has 1 aliphatic rings. The van der Waals surface area contributed by atoms with Crippen LogP contribution in [0.25, 0.3) is 0 Å². The largest absolute Gasteiger partial charge is 0.481 e. The quantitative estimate of drug-likeness (QED) is 0.714. The third kappa shape index (κ3) is 3.83. The molecular weight excluding hydrogens is 316 g/mol. The predicted molar refractivity (Wildman–Crippen MR) is 85.2 cm³/mol. The van der Waals surface area contributed by atoms with Gasteiger partial charge in [-0.1, -0.05) is 6.07 Å². The van der Waals surface area contributed by atoms with Crippen molar-refractivity contribution in [1.29, 1.82) is 0 Å². The van der Waals surface area contributed by atoms with Crippen molar-refractivity contribution < 1.29 is 29.0 Å². The van der Waals surface area contributed by atoms with E-state index < -0.39 is 23.5 Å². The maximum atomic E-state index is 12.6. The highest BCUT2D eigenvalue weighted by molar-refractivity contribution is 6.04. The van der Waals surface area contributed by atoms with Gasteiger partial charge in [-0.3, -0.25) is 14.4 Å². The van der Waals surface area contributed by atoms with Crippen molar-refractivity contribution in [2.45, 2.75) is 31.9 Å². The predicted octanol–water partition coefficient (Wildman–Crippen LogP) is 1.02. The van der Waals surface area contributed by atoms with E-state index in [1.54, 1.807) is 32.0 Å². The Kier molecular flexibility index (Phi) is 5.08. The third-order valence-corrected chi connectivity index (χ3v) is 3.60. The van der Waals surface area contributed by atoms with E-state index in [0.29, 0.717) is 5.69 Å². The Morgan fingerprint density at radius 1 is 1.46 bits per heavy atom. The molecule has 0 spiro atoms. The van der Waals surface area contributed by atoms with Crippen LogP contribution in [0.3, 0.4) is 0 Å². The van der Waals surface area contributed by atoms with Crippen molar-refractivity contribution in [2.75, 3.05) is 19.0 Å². The Bertz CT molecular complexity index is 675. The number of fused-ring (bicyclic) bond motifs is 1. The van der Waals surface area contributed by atoms with Gasteiger partial charge in [0, 0.05) is 7.11 Å². The zero-order valence-electron chi connectivity index (χ0n) is 13.7. The highest BCUT2D eigenvalue weighted by Gasteiger charge is 2.33. The molecule has 8 nitrogen and oxygen atoms in total. The van der Waals surface area contributed by atoms with Crippen molar-refractivity contribution in [3.63, 3.8) is 0 Å². The Hall–Kier alpha value is -2.61. The first-order valence-electron chi connectivity index (χ1n) is 7.39. The number of benzene rings is 1. The smallest absolute Gasteiger partial charge is 0.305 e. The Morgan fingerprint density at radius 3 is 2.79 bits per heavy atom. The summed E-state index contributed by atoms with van der Waals surface area (Å²) in [7, 11) is 1.43. The zero-order chi connectivity index (χ0) is 17.9. The molecule has 3 N–H and O–H groups in total. The number of ether oxygens (including phenoxy) is 2. The molecule has 2 rings (SSSR count). The highest BCUT2D eigenvalue weighted by Crippen LogP contribution is 2.33. The number of carbonyl (C=O) groups is 3. The van der Waals surface area contributed by atoms with E-state index in [9.17, 15) is 14.4 Å². The minimum absolute atomic E-state index is 0.0358. The summed E-state index contributed by atoms with van der Waals surface area (Å²) in [4.78, 5) is 35.3. The number of rotatable bonds is 6. The van der Waals surface area contributed by atoms with Gasteiger partial charge in [-0.2, -0.15) is 0 Å². The Labute approximate surface area is 139 Å². The van der Waals surface area contributed by atoms with Crippen molar-refractivity contribution >= 4 is 23.5 Å². The van der Waals surface area contributed by atoms with Gasteiger partial charge in [0.25, 0.3) is 11.8 Å². The van der Waals surface area contributed by atoms with Crippen LogP contribution < -0.4 is 15.4 Å². The molecule has 0 aliphatic carbocycles. The maximum absolute atomic E-state index is 12.6. The molecule has 8 heteroatoms. The number of nitrogens with one attached hydrogen (secondary N) is 2. The summed E-state index contributed by atoms with van der Waals surface area (Å²) >= 11 is 0. The topological polar surface area (TPSA) is 114 Å². The Morgan fingerprint density at radius 2 is 2.17 bits per heavy atom. The summed E-state index contributed by atoms with van der Waals surface area (Å²) in [6, 6.07) is 4.78. The summed E-state index contributed by atoms with van der Waals surface area (Å²) in [5, 5.41) is 14.4. The number of anilines is 1. The van der Waals surface area contributed by atoms with Crippen LogP contribution in [-0.2, 0) is 14.3 Å². The van der Waals surface area contributed by atoms with Crippen LogP contribution in [0.1, 0.15) is 30.6 Å². The van der Waals surface area contributed by atoms with Crippen molar-refractivity contribution in [3.05, 3.63) is 23.8 Å².